The molecule has 5 atom stereocenters. The number of aliphatic hydroxyl groups excluding tert-OH is 1. The number of ether oxygens (including phenoxy) is 1. The topological polar surface area (TPSA) is 91.5 Å². The number of nitrogens with zero attached hydrogens (tertiary/aromatic N) is 4. The molecular formula is C26H46N4O4Si2. The summed E-state index contributed by atoms with van der Waals surface area (Å²) < 4.78 is 22.2. The molecule has 2 aromatic rings. The molecule has 1 saturated heterocycles. The normalized spacial score (nSPS) is 27.7. The number of aliphatic hydroxyl groups is 1. The van der Waals surface area contributed by atoms with Gasteiger partial charge in [-0.2, -0.15) is 0 Å². The third kappa shape index (κ3) is 5.35. The van der Waals surface area contributed by atoms with E-state index in [1.807, 2.05) is 10.9 Å². The highest BCUT2D eigenvalue weighted by Crippen LogP contribution is 2.48. The van der Waals surface area contributed by atoms with Gasteiger partial charge in [0.1, 0.15) is 24.2 Å². The molecule has 3 heterocycles. The molecule has 1 aliphatic heterocycles. The third-order valence-electron chi connectivity index (χ3n) is 9.05. The molecule has 2 aliphatic rings. The Morgan fingerprint density at radius 1 is 1.00 bits per heavy atom. The van der Waals surface area contributed by atoms with Gasteiger partial charge in [0, 0.05) is 18.9 Å². The van der Waals surface area contributed by atoms with Crippen molar-refractivity contribution in [3.63, 3.8) is 0 Å². The van der Waals surface area contributed by atoms with Gasteiger partial charge in [0.15, 0.2) is 22.3 Å². The zero-order valence-corrected chi connectivity index (χ0v) is 25.8. The van der Waals surface area contributed by atoms with Crippen molar-refractivity contribution in [2.45, 2.75) is 115 Å². The van der Waals surface area contributed by atoms with Crippen molar-refractivity contribution >= 4 is 27.8 Å². The first-order valence-corrected chi connectivity index (χ1v) is 19.1. The van der Waals surface area contributed by atoms with Crippen LogP contribution < -0.4 is 0 Å². The van der Waals surface area contributed by atoms with Crippen LogP contribution in [0.25, 0.3) is 11.2 Å². The van der Waals surface area contributed by atoms with Crippen molar-refractivity contribution in [1.82, 2.24) is 19.5 Å². The van der Waals surface area contributed by atoms with E-state index in [2.05, 4.69) is 77.7 Å². The highest BCUT2D eigenvalue weighted by atomic mass is 28.4. The van der Waals surface area contributed by atoms with Crippen molar-refractivity contribution in [2.75, 3.05) is 13.2 Å². The summed E-state index contributed by atoms with van der Waals surface area (Å²) in [5.41, 5.74) is 2.53. The maximum Gasteiger partial charge on any atom is 0.192 e. The Kier molecular flexibility index (Phi) is 7.38. The SMILES string of the molecule is CC(C)(C)[Si](C)(C)OC[C@H]1O[C@@H](n2cnc3c([C@H]4C[C@@H]4CO)ncnc32)C[C@@H]1O[Si](C)(C)C(C)(C)C. The van der Waals surface area contributed by atoms with Crippen molar-refractivity contribution in [1.29, 1.82) is 0 Å². The first-order chi connectivity index (χ1) is 16.6. The van der Waals surface area contributed by atoms with Crippen LogP contribution >= 0.6 is 0 Å². The Labute approximate surface area is 218 Å². The van der Waals surface area contributed by atoms with Gasteiger partial charge in [0.05, 0.1) is 24.7 Å². The number of hydrogen-bond donors (Lipinski definition) is 1. The van der Waals surface area contributed by atoms with Gasteiger partial charge in [-0.25, -0.2) is 15.0 Å². The zero-order chi connectivity index (χ0) is 26.7. The summed E-state index contributed by atoms with van der Waals surface area (Å²) in [6.07, 6.45) is 4.67. The molecule has 10 heteroatoms. The summed E-state index contributed by atoms with van der Waals surface area (Å²) in [5, 5.41) is 9.78. The molecule has 0 aromatic carbocycles. The lowest BCUT2D eigenvalue weighted by molar-refractivity contribution is -0.0383. The van der Waals surface area contributed by atoms with Gasteiger partial charge in [0.25, 0.3) is 0 Å². The Morgan fingerprint density at radius 3 is 2.25 bits per heavy atom. The third-order valence-corrected chi connectivity index (χ3v) is 18.1. The van der Waals surface area contributed by atoms with Crippen LogP contribution in [0.3, 0.4) is 0 Å². The van der Waals surface area contributed by atoms with E-state index in [4.69, 9.17) is 18.6 Å². The van der Waals surface area contributed by atoms with E-state index in [9.17, 15) is 5.11 Å². The molecule has 202 valence electrons. The van der Waals surface area contributed by atoms with Gasteiger partial charge in [-0.3, -0.25) is 4.57 Å². The second-order valence-corrected chi connectivity index (χ2v) is 23.3. The highest BCUT2D eigenvalue weighted by molar-refractivity contribution is 6.74. The van der Waals surface area contributed by atoms with Crippen molar-refractivity contribution < 1.29 is 18.7 Å². The number of aromatic nitrogens is 4. The van der Waals surface area contributed by atoms with E-state index >= 15 is 0 Å². The number of hydrogen-bond acceptors (Lipinski definition) is 7. The monoisotopic (exact) mass is 534 g/mol. The van der Waals surface area contributed by atoms with Crippen LogP contribution in [-0.2, 0) is 13.6 Å². The second-order valence-electron chi connectivity index (χ2n) is 13.7. The minimum absolute atomic E-state index is 0.0541. The van der Waals surface area contributed by atoms with E-state index < -0.39 is 16.6 Å². The second kappa shape index (κ2) is 9.53. The first-order valence-electron chi connectivity index (χ1n) is 13.3. The first kappa shape index (κ1) is 27.8. The lowest BCUT2D eigenvalue weighted by Gasteiger charge is -2.40. The van der Waals surface area contributed by atoms with Gasteiger partial charge in [-0.05, 0) is 48.6 Å². The number of fused-ring (bicyclic) bond motifs is 1. The fraction of sp³-hybridized carbons (Fsp3) is 0.808. The lowest BCUT2D eigenvalue weighted by atomic mass is 10.2. The van der Waals surface area contributed by atoms with Crippen molar-refractivity contribution in [2.24, 2.45) is 5.92 Å². The van der Waals surface area contributed by atoms with Crippen LogP contribution in [0, 0.1) is 5.92 Å². The smallest absolute Gasteiger partial charge is 0.192 e. The summed E-state index contributed by atoms with van der Waals surface area (Å²) in [6.45, 7) is 23.5. The Morgan fingerprint density at radius 2 is 1.67 bits per heavy atom. The van der Waals surface area contributed by atoms with E-state index in [1.165, 1.54) is 0 Å². The summed E-state index contributed by atoms with van der Waals surface area (Å²) >= 11 is 0. The van der Waals surface area contributed by atoms with E-state index in [0.29, 0.717) is 6.61 Å². The van der Waals surface area contributed by atoms with Crippen LogP contribution in [0.4, 0.5) is 0 Å². The van der Waals surface area contributed by atoms with Gasteiger partial charge in [-0.15, -0.1) is 0 Å². The van der Waals surface area contributed by atoms with Crippen LogP contribution in [0.5, 0.6) is 0 Å². The molecule has 0 unspecified atom stereocenters. The largest absolute Gasteiger partial charge is 0.414 e. The van der Waals surface area contributed by atoms with E-state index in [1.54, 1.807) is 6.33 Å². The molecule has 0 bridgehead atoms. The summed E-state index contributed by atoms with van der Waals surface area (Å²) in [4.78, 5) is 13.8. The predicted molar refractivity (Wildman–Crippen MR) is 147 cm³/mol. The van der Waals surface area contributed by atoms with Crippen molar-refractivity contribution in [3.8, 4) is 0 Å². The molecule has 36 heavy (non-hydrogen) atoms. The Bertz CT molecular complexity index is 1080. The van der Waals surface area contributed by atoms with Gasteiger partial charge >= 0.3 is 0 Å². The lowest BCUT2D eigenvalue weighted by Crippen LogP contribution is -2.48. The summed E-state index contributed by atoms with van der Waals surface area (Å²) in [5.74, 6) is 0.531. The molecule has 8 nitrogen and oxygen atoms in total. The van der Waals surface area contributed by atoms with E-state index in [0.717, 1.165) is 29.7 Å². The molecule has 0 amide bonds. The predicted octanol–water partition coefficient (Wildman–Crippen LogP) is 5.62. The average Bonchev–Trinajstić information content (AvgIpc) is 3.25. The molecule has 2 aromatic heterocycles. The molecule has 0 radical (unpaired) electrons. The highest BCUT2D eigenvalue weighted by Gasteiger charge is 2.47. The Balaban J connectivity index is 1.60. The summed E-state index contributed by atoms with van der Waals surface area (Å²) in [7, 11) is -3.95. The minimum Gasteiger partial charge on any atom is -0.414 e. The molecule has 1 N–H and O–H groups in total. The quantitative estimate of drug-likeness (QED) is 0.439. The van der Waals surface area contributed by atoms with Gasteiger partial charge in [-0.1, -0.05) is 41.5 Å². The molecule has 1 saturated carbocycles. The number of imidazole rings is 1. The zero-order valence-electron chi connectivity index (χ0n) is 23.8. The molecule has 1 aliphatic carbocycles. The van der Waals surface area contributed by atoms with Gasteiger partial charge < -0.3 is 18.7 Å². The maximum absolute atomic E-state index is 9.55. The Hall–Kier alpha value is -1.18. The maximum atomic E-state index is 9.55. The van der Waals surface area contributed by atoms with Crippen LogP contribution in [0.15, 0.2) is 12.7 Å². The van der Waals surface area contributed by atoms with Crippen LogP contribution in [-0.4, -0.2) is 66.7 Å². The minimum atomic E-state index is -2.02. The van der Waals surface area contributed by atoms with E-state index in [-0.39, 0.29) is 47.0 Å². The van der Waals surface area contributed by atoms with Crippen molar-refractivity contribution in [3.05, 3.63) is 18.3 Å². The molecule has 0 spiro atoms. The summed E-state index contributed by atoms with van der Waals surface area (Å²) in [6, 6.07) is 0. The average molecular weight is 535 g/mol. The fourth-order valence-electron chi connectivity index (χ4n) is 4.34. The molecular weight excluding hydrogens is 488 g/mol. The molecule has 2 fully saturated rings. The fourth-order valence-corrected chi connectivity index (χ4v) is 6.72. The number of rotatable bonds is 8. The van der Waals surface area contributed by atoms with Gasteiger partial charge in [0.2, 0.25) is 0 Å². The standard InChI is InChI=1S/C26H46N4O4Si2/c1-25(2,3)35(7,8)32-14-20-19(34-36(9,10)26(4,5)6)12-21(33-20)30-16-29-23-22(18-11-17(18)13-31)27-15-28-24(23)30/h15-21,31H,11-14H2,1-10H3/t17-,18+,19+,20-,21-/m1/s1. The molecule has 4 rings (SSSR count). The van der Waals surface area contributed by atoms with Crippen LogP contribution in [0.2, 0.25) is 36.3 Å². The van der Waals surface area contributed by atoms with Crippen LogP contribution in [0.1, 0.15) is 72.2 Å².